The molecule has 0 bridgehead atoms. The van der Waals surface area contributed by atoms with Crippen LogP contribution in [0.3, 0.4) is 0 Å². The maximum atomic E-state index is 14.4. The molecule has 0 aliphatic carbocycles. The van der Waals surface area contributed by atoms with Gasteiger partial charge in [-0.3, -0.25) is 38.9 Å². The van der Waals surface area contributed by atoms with E-state index in [-0.39, 0.29) is 71.7 Å². The molecule has 0 radical (unpaired) electrons. The smallest absolute Gasteiger partial charge is 0.419 e. The number of nitrogens with zero attached hydrogens (tertiary/aromatic N) is 6. The number of amides is 4. The van der Waals surface area contributed by atoms with E-state index >= 15 is 0 Å². The molecule has 9 rings (SSSR count). The molecule has 2 aromatic carbocycles. The van der Waals surface area contributed by atoms with Gasteiger partial charge in [-0.1, -0.05) is 12.1 Å². The van der Waals surface area contributed by atoms with Crippen LogP contribution in [0.25, 0.3) is 32.9 Å². The van der Waals surface area contributed by atoms with Crippen LogP contribution in [0.1, 0.15) is 77.8 Å². The van der Waals surface area contributed by atoms with Crippen LogP contribution in [-0.2, 0) is 20.5 Å². The molecule has 5 aromatic rings. The lowest BCUT2D eigenvalue weighted by atomic mass is 10.0. The Bertz CT molecular complexity index is 2570. The van der Waals surface area contributed by atoms with Gasteiger partial charge in [0, 0.05) is 67.5 Å². The number of fused-ring (bicyclic) bond motifs is 4. The van der Waals surface area contributed by atoms with E-state index < -0.39 is 48.0 Å². The maximum absolute atomic E-state index is 14.4. The molecule has 1 N–H and O–H groups in total. The van der Waals surface area contributed by atoms with Crippen molar-refractivity contribution in [2.24, 2.45) is 0 Å². The lowest BCUT2D eigenvalue weighted by Crippen LogP contribution is -2.55. The number of benzene rings is 2. The standard InChI is InChI=1S/C44H42F5N7O6/c45-43(46)55-35-10-13-50-22-33(35)30-6-4-25(19-37(30)55)26-18-34(44(47,48)49)39(51-21-26)54-23-29(24-54)62-27-11-15-53(16-12-27)14-2-1-3-17-61-28-5-7-31-32(20-28)42(60)56(41(31)59)36-8-9-38(57)52-40(36)58/h4-7,10,13,18-22,27,29,36,43H,1-3,8-9,11-12,14-17,23-24H2,(H,52,57,58). The number of pyridine rings is 2. The van der Waals surface area contributed by atoms with Crippen LogP contribution in [0.5, 0.6) is 5.75 Å². The van der Waals surface area contributed by atoms with Crippen molar-refractivity contribution in [3.63, 3.8) is 0 Å². The molecular formula is C44H42F5N7O6. The van der Waals surface area contributed by atoms with Crippen molar-refractivity contribution < 1.29 is 50.6 Å². The number of ether oxygens (including phenoxy) is 2. The number of imide groups is 2. The minimum atomic E-state index is -4.70. The molecule has 4 aliphatic heterocycles. The number of likely N-dealkylation sites (tertiary alicyclic amines) is 1. The number of rotatable bonds is 13. The Morgan fingerprint density at radius 2 is 1.60 bits per heavy atom. The fraction of sp³-hybridized carbons (Fsp3) is 0.409. The molecule has 13 nitrogen and oxygen atoms in total. The highest BCUT2D eigenvalue weighted by Crippen LogP contribution is 2.41. The summed E-state index contributed by atoms with van der Waals surface area (Å²) in [5.74, 6) is -1.98. The molecule has 1 unspecified atom stereocenters. The molecular weight excluding hydrogens is 818 g/mol. The third kappa shape index (κ3) is 7.96. The van der Waals surface area contributed by atoms with Gasteiger partial charge < -0.3 is 19.3 Å². The predicted octanol–water partition coefficient (Wildman–Crippen LogP) is 6.99. The maximum Gasteiger partial charge on any atom is 0.419 e. The molecule has 3 fully saturated rings. The zero-order valence-corrected chi connectivity index (χ0v) is 33.4. The summed E-state index contributed by atoms with van der Waals surface area (Å²) in [6, 6.07) is 10.8. The van der Waals surface area contributed by atoms with E-state index in [0.29, 0.717) is 28.7 Å². The van der Waals surface area contributed by atoms with E-state index in [1.165, 1.54) is 42.9 Å². The largest absolute Gasteiger partial charge is 0.494 e. The van der Waals surface area contributed by atoms with E-state index in [0.717, 1.165) is 67.3 Å². The molecule has 4 amide bonds. The number of alkyl halides is 5. The second-order valence-corrected chi connectivity index (χ2v) is 16.1. The summed E-state index contributed by atoms with van der Waals surface area (Å²) in [6.45, 7) is 0.688. The first kappa shape index (κ1) is 41.3. The van der Waals surface area contributed by atoms with Crippen LogP contribution in [0.4, 0.5) is 27.8 Å². The normalized spacial score (nSPS) is 19.2. The number of carbonyl (C=O) groups is 4. The van der Waals surface area contributed by atoms with Crippen molar-refractivity contribution in [2.75, 3.05) is 44.2 Å². The van der Waals surface area contributed by atoms with Crippen LogP contribution in [0.15, 0.2) is 67.1 Å². The number of unbranched alkanes of at least 4 members (excludes halogenated alkanes) is 2. The molecule has 18 heteroatoms. The quantitative estimate of drug-likeness (QED) is 0.0750. The highest BCUT2D eigenvalue weighted by atomic mass is 19.4. The minimum Gasteiger partial charge on any atom is -0.494 e. The van der Waals surface area contributed by atoms with Crippen LogP contribution in [0, 0.1) is 0 Å². The molecule has 324 valence electrons. The second-order valence-electron chi connectivity index (χ2n) is 16.1. The van der Waals surface area contributed by atoms with Gasteiger partial charge in [0.05, 0.1) is 46.5 Å². The molecule has 3 aromatic heterocycles. The SMILES string of the molecule is O=C1CCC(N2C(=O)c3ccc(OCCCCCN4CCC(OC5CN(c6ncc(-c7ccc8c9cnccc9n(C(F)F)c8c7)cc6C(F)(F)F)C5)CC4)cc3C2=O)C(=O)N1. The third-order valence-corrected chi connectivity index (χ3v) is 12.2. The summed E-state index contributed by atoms with van der Waals surface area (Å²) >= 11 is 0. The fourth-order valence-corrected chi connectivity index (χ4v) is 8.94. The average Bonchev–Trinajstić information content (AvgIpc) is 3.70. The Kier molecular flexibility index (Phi) is 11.1. The Hall–Kier alpha value is -6.01. The average molecular weight is 860 g/mol. The van der Waals surface area contributed by atoms with Gasteiger partial charge in [-0.05, 0) is 87.0 Å². The van der Waals surface area contributed by atoms with Gasteiger partial charge in [0.25, 0.3) is 11.8 Å². The predicted molar refractivity (Wildman–Crippen MR) is 216 cm³/mol. The van der Waals surface area contributed by atoms with Gasteiger partial charge >= 0.3 is 12.7 Å². The number of carbonyl (C=O) groups excluding carboxylic acids is 4. The van der Waals surface area contributed by atoms with E-state index in [9.17, 15) is 41.1 Å². The zero-order valence-electron chi connectivity index (χ0n) is 33.4. The van der Waals surface area contributed by atoms with Crippen molar-refractivity contribution in [3.8, 4) is 16.9 Å². The van der Waals surface area contributed by atoms with Crippen molar-refractivity contribution in [2.45, 2.75) is 75.9 Å². The van der Waals surface area contributed by atoms with E-state index in [1.807, 2.05) is 0 Å². The van der Waals surface area contributed by atoms with Gasteiger partial charge in [-0.25, -0.2) is 4.98 Å². The van der Waals surface area contributed by atoms with Crippen molar-refractivity contribution in [1.29, 1.82) is 0 Å². The number of piperidine rings is 2. The summed E-state index contributed by atoms with van der Waals surface area (Å²) in [5, 5.41) is 3.23. The van der Waals surface area contributed by atoms with Crippen LogP contribution < -0.4 is 15.0 Å². The molecule has 4 aliphatic rings. The Balaban J connectivity index is 0.711. The first-order valence-electron chi connectivity index (χ1n) is 20.7. The van der Waals surface area contributed by atoms with Gasteiger partial charge in [-0.15, -0.1) is 0 Å². The Morgan fingerprint density at radius 3 is 2.35 bits per heavy atom. The number of halogens is 5. The topological polar surface area (TPSA) is 139 Å². The zero-order chi connectivity index (χ0) is 43.3. The number of aromatic nitrogens is 3. The van der Waals surface area contributed by atoms with Crippen molar-refractivity contribution >= 4 is 51.3 Å². The number of nitrogens with one attached hydrogen (secondary N) is 1. The van der Waals surface area contributed by atoms with E-state index in [1.54, 1.807) is 23.1 Å². The lowest BCUT2D eigenvalue weighted by molar-refractivity contribution is -0.138. The van der Waals surface area contributed by atoms with Crippen molar-refractivity contribution in [1.82, 2.24) is 29.7 Å². The summed E-state index contributed by atoms with van der Waals surface area (Å²) in [7, 11) is 0. The summed E-state index contributed by atoms with van der Waals surface area (Å²) < 4.78 is 84.6. The first-order chi connectivity index (χ1) is 29.8. The number of hydrogen-bond donors (Lipinski definition) is 1. The summed E-state index contributed by atoms with van der Waals surface area (Å²) in [5.41, 5.74) is 0.435. The fourth-order valence-electron chi connectivity index (χ4n) is 8.94. The Morgan fingerprint density at radius 1 is 0.806 bits per heavy atom. The lowest BCUT2D eigenvalue weighted by Gasteiger charge is -2.43. The minimum absolute atomic E-state index is 0.00403. The van der Waals surface area contributed by atoms with Gasteiger partial charge in [0.15, 0.2) is 0 Å². The number of anilines is 1. The highest BCUT2D eigenvalue weighted by molar-refractivity contribution is 6.23. The summed E-state index contributed by atoms with van der Waals surface area (Å²) in [6.07, 6.45) is 3.73. The second kappa shape index (κ2) is 16.7. The van der Waals surface area contributed by atoms with Gasteiger partial charge in [-0.2, -0.15) is 22.0 Å². The Labute approximate surface area is 351 Å². The van der Waals surface area contributed by atoms with E-state index in [4.69, 9.17) is 9.47 Å². The molecule has 1 atom stereocenters. The number of hydrogen-bond acceptors (Lipinski definition) is 10. The van der Waals surface area contributed by atoms with Crippen LogP contribution >= 0.6 is 0 Å². The molecule has 62 heavy (non-hydrogen) atoms. The third-order valence-electron chi connectivity index (χ3n) is 12.2. The highest BCUT2D eigenvalue weighted by Gasteiger charge is 2.45. The molecule has 0 spiro atoms. The monoisotopic (exact) mass is 859 g/mol. The molecule has 7 heterocycles. The molecule has 0 saturated carbocycles. The van der Waals surface area contributed by atoms with E-state index in [2.05, 4.69) is 20.2 Å². The van der Waals surface area contributed by atoms with Crippen LogP contribution in [0.2, 0.25) is 0 Å². The summed E-state index contributed by atoms with van der Waals surface area (Å²) in [4.78, 5) is 63.0. The first-order valence-corrected chi connectivity index (χ1v) is 20.7. The molecule has 3 saturated heterocycles. The van der Waals surface area contributed by atoms with Crippen molar-refractivity contribution in [3.05, 3.63) is 83.8 Å². The van der Waals surface area contributed by atoms with Crippen LogP contribution in [-0.4, -0.2) is 106 Å². The van der Waals surface area contributed by atoms with Gasteiger partial charge in [0.2, 0.25) is 11.8 Å². The van der Waals surface area contributed by atoms with Gasteiger partial charge in [0.1, 0.15) is 17.6 Å².